The van der Waals surface area contributed by atoms with E-state index >= 15 is 0 Å². The molecule has 2 N–H and O–H groups in total. The summed E-state index contributed by atoms with van der Waals surface area (Å²) in [6.45, 7) is 0.841. The van der Waals surface area contributed by atoms with E-state index in [1.807, 2.05) is 18.5 Å². The van der Waals surface area contributed by atoms with Crippen molar-refractivity contribution in [1.82, 2.24) is 4.98 Å². The van der Waals surface area contributed by atoms with Crippen LogP contribution in [0.25, 0.3) is 0 Å². The van der Waals surface area contributed by atoms with E-state index in [-0.39, 0.29) is 0 Å². The van der Waals surface area contributed by atoms with E-state index in [2.05, 4.69) is 11.1 Å². The van der Waals surface area contributed by atoms with Crippen molar-refractivity contribution in [3.63, 3.8) is 0 Å². The Balaban J connectivity index is 1.96. The van der Waals surface area contributed by atoms with Crippen molar-refractivity contribution in [3.05, 3.63) is 30.1 Å². The van der Waals surface area contributed by atoms with Crippen molar-refractivity contribution in [2.24, 2.45) is 17.6 Å². The molecule has 2 heteroatoms. The van der Waals surface area contributed by atoms with Gasteiger partial charge < -0.3 is 5.73 Å². The normalized spacial score (nSPS) is 25.6. The summed E-state index contributed by atoms with van der Waals surface area (Å²) in [5.74, 6) is 1.68. The van der Waals surface area contributed by atoms with Gasteiger partial charge in [0.1, 0.15) is 0 Å². The Morgan fingerprint density at radius 3 is 2.75 bits per heavy atom. The summed E-state index contributed by atoms with van der Waals surface area (Å²) in [6.07, 6.45) is 11.8. The molecule has 1 aromatic heterocycles. The molecule has 0 radical (unpaired) electrons. The van der Waals surface area contributed by atoms with Gasteiger partial charge >= 0.3 is 0 Å². The molecular weight excluding hydrogens is 196 g/mol. The van der Waals surface area contributed by atoms with Crippen molar-refractivity contribution in [1.29, 1.82) is 0 Å². The predicted octanol–water partition coefficient (Wildman–Crippen LogP) is 2.78. The van der Waals surface area contributed by atoms with Crippen molar-refractivity contribution in [2.75, 3.05) is 6.54 Å². The molecule has 0 bridgehead atoms. The molecule has 0 aliphatic heterocycles. The van der Waals surface area contributed by atoms with E-state index in [9.17, 15) is 0 Å². The molecule has 2 rings (SSSR count). The molecule has 2 unspecified atom stereocenters. The van der Waals surface area contributed by atoms with E-state index in [0.29, 0.717) is 0 Å². The predicted molar refractivity (Wildman–Crippen MR) is 67.1 cm³/mol. The number of hydrogen-bond donors (Lipinski definition) is 1. The Labute approximate surface area is 98.3 Å². The van der Waals surface area contributed by atoms with Crippen LogP contribution in [0.2, 0.25) is 0 Å². The molecule has 1 aromatic rings. The molecule has 0 aromatic carbocycles. The molecule has 1 aliphatic carbocycles. The van der Waals surface area contributed by atoms with Crippen molar-refractivity contribution < 1.29 is 0 Å². The Kier molecular flexibility index (Phi) is 4.34. The van der Waals surface area contributed by atoms with Gasteiger partial charge in [0.05, 0.1) is 0 Å². The van der Waals surface area contributed by atoms with Crippen molar-refractivity contribution in [3.8, 4) is 0 Å². The third-order valence-electron chi connectivity index (χ3n) is 3.82. The molecule has 1 fully saturated rings. The van der Waals surface area contributed by atoms with Gasteiger partial charge in [-0.05, 0) is 49.3 Å². The molecule has 1 aliphatic rings. The third kappa shape index (κ3) is 3.05. The van der Waals surface area contributed by atoms with Crippen LogP contribution in [-0.2, 0) is 6.42 Å². The zero-order valence-electron chi connectivity index (χ0n) is 9.94. The van der Waals surface area contributed by atoms with Gasteiger partial charge in [-0.15, -0.1) is 0 Å². The lowest BCUT2D eigenvalue weighted by Gasteiger charge is -2.31. The number of nitrogens with two attached hydrogens (primary N) is 1. The Bertz CT molecular complexity index is 295. The van der Waals surface area contributed by atoms with Crippen LogP contribution in [0.4, 0.5) is 0 Å². The SMILES string of the molecule is NCCC1CCCCC1Cc1cccnc1. The van der Waals surface area contributed by atoms with Crippen LogP contribution >= 0.6 is 0 Å². The van der Waals surface area contributed by atoms with Crippen LogP contribution < -0.4 is 5.73 Å². The highest BCUT2D eigenvalue weighted by atomic mass is 14.6. The minimum absolute atomic E-state index is 0.835. The fourth-order valence-electron chi connectivity index (χ4n) is 2.97. The molecule has 2 atom stereocenters. The molecule has 88 valence electrons. The summed E-state index contributed by atoms with van der Waals surface area (Å²) >= 11 is 0. The zero-order chi connectivity index (χ0) is 11.2. The fraction of sp³-hybridized carbons (Fsp3) is 0.643. The first-order chi connectivity index (χ1) is 7.90. The maximum absolute atomic E-state index is 5.70. The number of hydrogen-bond acceptors (Lipinski definition) is 2. The highest BCUT2D eigenvalue weighted by Gasteiger charge is 2.24. The van der Waals surface area contributed by atoms with Crippen LogP contribution in [0.5, 0.6) is 0 Å². The van der Waals surface area contributed by atoms with E-state index in [0.717, 1.165) is 18.4 Å². The second-order valence-electron chi connectivity index (χ2n) is 4.95. The van der Waals surface area contributed by atoms with Crippen molar-refractivity contribution >= 4 is 0 Å². The summed E-state index contributed by atoms with van der Waals surface area (Å²) in [5.41, 5.74) is 7.09. The summed E-state index contributed by atoms with van der Waals surface area (Å²) in [6, 6.07) is 4.23. The first kappa shape index (κ1) is 11.6. The topological polar surface area (TPSA) is 38.9 Å². The van der Waals surface area contributed by atoms with Gasteiger partial charge in [-0.25, -0.2) is 0 Å². The van der Waals surface area contributed by atoms with Gasteiger partial charge in [-0.3, -0.25) is 4.98 Å². The molecule has 1 saturated carbocycles. The first-order valence-corrected chi connectivity index (χ1v) is 6.49. The van der Waals surface area contributed by atoms with E-state index in [1.54, 1.807) is 0 Å². The minimum atomic E-state index is 0.835. The molecule has 0 saturated heterocycles. The average Bonchev–Trinajstić information content (AvgIpc) is 2.33. The summed E-state index contributed by atoms with van der Waals surface area (Å²) in [4.78, 5) is 4.20. The van der Waals surface area contributed by atoms with Crippen LogP contribution in [-0.4, -0.2) is 11.5 Å². The molecule has 0 spiro atoms. The quantitative estimate of drug-likeness (QED) is 0.844. The van der Waals surface area contributed by atoms with E-state index < -0.39 is 0 Å². The Morgan fingerprint density at radius 2 is 2.06 bits per heavy atom. The monoisotopic (exact) mass is 218 g/mol. The van der Waals surface area contributed by atoms with Gasteiger partial charge in [0.25, 0.3) is 0 Å². The smallest absolute Gasteiger partial charge is 0.0299 e. The second kappa shape index (κ2) is 6.00. The van der Waals surface area contributed by atoms with Crippen LogP contribution in [0, 0.1) is 11.8 Å². The lowest BCUT2D eigenvalue weighted by atomic mass is 9.75. The number of nitrogens with zero attached hydrogens (tertiary/aromatic N) is 1. The number of aromatic nitrogens is 1. The largest absolute Gasteiger partial charge is 0.330 e. The van der Waals surface area contributed by atoms with Crippen LogP contribution in [0.1, 0.15) is 37.7 Å². The molecule has 16 heavy (non-hydrogen) atoms. The summed E-state index contributed by atoms with van der Waals surface area (Å²) < 4.78 is 0. The standard InChI is InChI=1S/C14H22N2/c15-8-7-13-5-1-2-6-14(13)10-12-4-3-9-16-11-12/h3-4,9,11,13-14H,1-2,5-8,10,15H2. The lowest BCUT2D eigenvalue weighted by molar-refractivity contribution is 0.225. The van der Waals surface area contributed by atoms with Gasteiger partial charge in [0.2, 0.25) is 0 Å². The number of rotatable bonds is 4. The molecule has 1 heterocycles. The summed E-state index contributed by atoms with van der Waals surface area (Å²) in [5, 5.41) is 0. The maximum Gasteiger partial charge on any atom is 0.0299 e. The first-order valence-electron chi connectivity index (χ1n) is 6.49. The van der Waals surface area contributed by atoms with Crippen LogP contribution in [0.15, 0.2) is 24.5 Å². The van der Waals surface area contributed by atoms with Crippen molar-refractivity contribution in [2.45, 2.75) is 38.5 Å². The summed E-state index contributed by atoms with van der Waals surface area (Å²) in [7, 11) is 0. The number of pyridine rings is 1. The highest BCUT2D eigenvalue weighted by molar-refractivity contribution is 5.09. The van der Waals surface area contributed by atoms with Gasteiger partial charge in [-0.1, -0.05) is 25.3 Å². The fourth-order valence-corrected chi connectivity index (χ4v) is 2.97. The van der Waals surface area contributed by atoms with E-state index in [4.69, 9.17) is 5.73 Å². The maximum atomic E-state index is 5.70. The molecular formula is C14H22N2. The van der Waals surface area contributed by atoms with E-state index in [1.165, 1.54) is 44.1 Å². The van der Waals surface area contributed by atoms with Gasteiger partial charge in [0.15, 0.2) is 0 Å². The van der Waals surface area contributed by atoms with Crippen LogP contribution in [0.3, 0.4) is 0 Å². The molecule has 0 amide bonds. The minimum Gasteiger partial charge on any atom is -0.330 e. The van der Waals surface area contributed by atoms with Gasteiger partial charge in [-0.2, -0.15) is 0 Å². The Hall–Kier alpha value is -0.890. The Morgan fingerprint density at radius 1 is 1.25 bits per heavy atom. The molecule has 2 nitrogen and oxygen atoms in total. The second-order valence-corrected chi connectivity index (χ2v) is 4.95. The average molecular weight is 218 g/mol. The highest BCUT2D eigenvalue weighted by Crippen LogP contribution is 2.34. The zero-order valence-corrected chi connectivity index (χ0v) is 9.94. The third-order valence-corrected chi connectivity index (χ3v) is 3.82. The lowest BCUT2D eigenvalue weighted by Crippen LogP contribution is -2.24. The van der Waals surface area contributed by atoms with Gasteiger partial charge in [0, 0.05) is 12.4 Å².